The van der Waals surface area contributed by atoms with Crippen LogP contribution < -0.4 is 10.6 Å². The first-order valence-electron chi connectivity index (χ1n) is 8.02. The van der Waals surface area contributed by atoms with Crippen molar-refractivity contribution in [1.29, 1.82) is 5.41 Å². The van der Waals surface area contributed by atoms with Crippen molar-refractivity contribution in [3.63, 3.8) is 0 Å². The van der Waals surface area contributed by atoms with Crippen molar-refractivity contribution in [2.75, 3.05) is 19.6 Å². The third kappa shape index (κ3) is 9.43. The van der Waals surface area contributed by atoms with E-state index in [0.29, 0.717) is 6.54 Å². The van der Waals surface area contributed by atoms with Crippen molar-refractivity contribution >= 4 is 17.8 Å². The van der Waals surface area contributed by atoms with Crippen LogP contribution in [-0.2, 0) is 16.1 Å². The summed E-state index contributed by atoms with van der Waals surface area (Å²) in [5, 5.41) is 31.2. The average molecular weight is 351 g/mol. The minimum Gasteiger partial charge on any atom is -0.477 e. The van der Waals surface area contributed by atoms with Crippen molar-refractivity contribution in [3.05, 3.63) is 35.9 Å². The Bertz CT molecular complexity index is 565. The molecule has 8 nitrogen and oxygen atoms in total. The summed E-state index contributed by atoms with van der Waals surface area (Å²) in [6, 6.07) is 9.27. The first-order valence-corrected chi connectivity index (χ1v) is 8.02. The standard InChI is InChI=1S/C17H25N3O5/c1-12(7-15(18)16(22)23)8-19-9-14(21)10-20-17(24)25-11-13-5-3-2-4-6-13/h2-6,12,14,18-19,21H,7-11H2,1H3,(H,20,24)(H,22,23)/t12-,14-/m0/s1. The van der Waals surface area contributed by atoms with E-state index in [-0.39, 0.29) is 37.7 Å². The van der Waals surface area contributed by atoms with Crippen LogP contribution in [0.2, 0.25) is 0 Å². The number of ether oxygens (including phenoxy) is 1. The summed E-state index contributed by atoms with van der Waals surface area (Å²) < 4.78 is 5.03. The van der Waals surface area contributed by atoms with Gasteiger partial charge in [0.05, 0.1) is 6.10 Å². The fraction of sp³-hybridized carbons (Fsp3) is 0.471. The molecule has 0 aliphatic heterocycles. The number of carbonyl (C=O) groups is 2. The zero-order chi connectivity index (χ0) is 18.7. The molecule has 0 saturated heterocycles. The fourth-order valence-electron chi connectivity index (χ4n) is 2.05. The number of nitrogens with one attached hydrogen (secondary N) is 3. The molecule has 0 bridgehead atoms. The zero-order valence-corrected chi connectivity index (χ0v) is 14.2. The summed E-state index contributed by atoms with van der Waals surface area (Å²) in [7, 11) is 0. The van der Waals surface area contributed by atoms with E-state index in [0.717, 1.165) is 5.56 Å². The van der Waals surface area contributed by atoms with Gasteiger partial charge in [-0.2, -0.15) is 0 Å². The number of alkyl carbamates (subject to hydrolysis) is 1. The summed E-state index contributed by atoms with van der Waals surface area (Å²) >= 11 is 0. The number of carboxylic acid groups (broad SMARTS) is 1. The molecule has 1 rings (SSSR count). The van der Waals surface area contributed by atoms with E-state index in [2.05, 4.69) is 10.6 Å². The number of carboxylic acids is 1. The second kappa shape index (κ2) is 11.2. The maximum Gasteiger partial charge on any atom is 0.407 e. The van der Waals surface area contributed by atoms with Gasteiger partial charge in [-0.15, -0.1) is 0 Å². The quantitative estimate of drug-likeness (QED) is 0.378. The van der Waals surface area contributed by atoms with Crippen LogP contribution in [0.5, 0.6) is 0 Å². The number of hydrogen-bond donors (Lipinski definition) is 5. The Labute approximate surface area is 146 Å². The van der Waals surface area contributed by atoms with Gasteiger partial charge in [0.15, 0.2) is 0 Å². The van der Waals surface area contributed by atoms with Crippen LogP contribution in [0.15, 0.2) is 30.3 Å². The van der Waals surface area contributed by atoms with Gasteiger partial charge in [-0.05, 0) is 18.0 Å². The van der Waals surface area contributed by atoms with Crippen LogP contribution in [-0.4, -0.2) is 53.7 Å². The summed E-state index contributed by atoms with van der Waals surface area (Å²) in [5.74, 6) is -1.26. The first kappa shape index (κ1) is 20.6. The molecule has 1 aromatic rings. The SMILES string of the molecule is C[C@H](CNC[C@H](O)CNC(=O)OCc1ccccc1)CC(=N)C(=O)O. The molecule has 0 fully saturated rings. The number of carbonyl (C=O) groups excluding carboxylic acids is 1. The number of aliphatic carboxylic acids is 1. The highest BCUT2D eigenvalue weighted by Crippen LogP contribution is 2.02. The normalized spacial score (nSPS) is 12.9. The lowest BCUT2D eigenvalue weighted by molar-refractivity contribution is -0.129. The van der Waals surface area contributed by atoms with Crippen molar-refractivity contribution in [3.8, 4) is 0 Å². The molecule has 25 heavy (non-hydrogen) atoms. The third-order valence-electron chi connectivity index (χ3n) is 3.38. The minimum absolute atomic E-state index is 0.0416. The van der Waals surface area contributed by atoms with E-state index in [1.165, 1.54) is 0 Å². The topological polar surface area (TPSA) is 132 Å². The summed E-state index contributed by atoms with van der Waals surface area (Å²) in [5.41, 5.74) is 0.540. The predicted molar refractivity (Wildman–Crippen MR) is 92.6 cm³/mol. The highest BCUT2D eigenvalue weighted by molar-refractivity contribution is 6.34. The molecule has 0 radical (unpaired) electrons. The third-order valence-corrected chi connectivity index (χ3v) is 3.38. The van der Waals surface area contributed by atoms with Gasteiger partial charge in [0.1, 0.15) is 12.3 Å². The van der Waals surface area contributed by atoms with Crippen LogP contribution in [0, 0.1) is 11.3 Å². The molecule has 138 valence electrons. The second-order valence-electron chi connectivity index (χ2n) is 5.85. The van der Waals surface area contributed by atoms with Crippen molar-refractivity contribution in [2.24, 2.45) is 5.92 Å². The largest absolute Gasteiger partial charge is 0.477 e. The molecule has 0 aliphatic carbocycles. The van der Waals surface area contributed by atoms with Crippen LogP contribution >= 0.6 is 0 Å². The number of aliphatic hydroxyl groups is 1. The number of hydrogen-bond acceptors (Lipinski definition) is 6. The molecule has 0 spiro atoms. The maximum atomic E-state index is 11.5. The molecule has 5 N–H and O–H groups in total. The smallest absolute Gasteiger partial charge is 0.407 e. The van der Waals surface area contributed by atoms with Crippen molar-refractivity contribution < 1.29 is 24.5 Å². The lowest BCUT2D eigenvalue weighted by Crippen LogP contribution is -2.39. The van der Waals surface area contributed by atoms with Crippen LogP contribution in [0.3, 0.4) is 0 Å². The molecular formula is C17H25N3O5. The minimum atomic E-state index is -1.22. The monoisotopic (exact) mass is 351 g/mol. The van der Waals surface area contributed by atoms with E-state index in [4.69, 9.17) is 15.3 Å². The number of aliphatic hydroxyl groups excluding tert-OH is 1. The molecule has 0 unspecified atom stereocenters. The molecular weight excluding hydrogens is 326 g/mol. The number of amides is 1. The molecule has 1 amide bonds. The van der Waals surface area contributed by atoms with E-state index >= 15 is 0 Å². The molecule has 0 heterocycles. The average Bonchev–Trinajstić information content (AvgIpc) is 2.58. The van der Waals surface area contributed by atoms with Gasteiger partial charge in [-0.1, -0.05) is 37.3 Å². The lowest BCUT2D eigenvalue weighted by Gasteiger charge is -2.15. The van der Waals surface area contributed by atoms with Gasteiger partial charge in [-0.3, -0.25) is 5.41 Å². The molecule has 0 aromatic heterocycles. The van der Waals surface area contributed by atoms with Gasteiger partial charge >= 0.3 is 12.1 Å². The molecule has 0 saturated carbocycles. The van der Waals surface area contributed by atoms with E-state index in [1.807, 2.05) is 37.3 Å². The summed E-state index contributed by atoms with van der Waals surface area (Å²) in [6.07, 6.45) is -1.25. The number of benzene rings is 1. The molecule has 2 atom stereocenters. The van der Waals surface area contributed by atoms with Gasteiger partial charge in [0.2, 0.25) is 0 Å². The van der Waals surface area contributed by atoms with E-state index in [9.17, 15) is 14.7 Å². The fourth-order valence-corrected chi connectivity index (χ4v) is 2.05. The highest BCUT2D eigenvalue weighted by atomic mass is 16.5. The Morgan fingerprint density at radius 2 is 1.88 bits per heavy atom. The van der Waals surface area contributed by atoms with Gasteiger partial charge in [0, 0.05) is 19.5 Å². The van der Waals surface area contributed by atoms with Gasteiger partial charge < -0.3 is 25.6 Å². The van der Waals surface area contributed by atoms with Gasteiger partial charge in [0.25, 0.3) is 0 Å². The molecule has 0 aliphatic rings. The Hall–Kier alpha value is -2.45. The first-order chi connectivity index (χ1) is 11.9. The Morgan fingerprint density at radius 1 is 1.20 bits per heavy atom. The number of rotatable bonds is 11. The Balaban J connectivity index is 2.11. The Morgan fingerprint density at radius 3 is 2.52 bits per heavy atom. The van der Waals surface area contributed by atoms with E-state index in [1.54, 1.807) is 0 Å². The van der Waals surface area contributed by atoms with Gasteiger partial charge in [-0.25, -0.2) is 9.59 Å². The maximum absolute atomic E-state index is 11.5. The summed E-state index contributed by atoms with van der Waals surface area (Å²) in [4.78, 5) is 22.1. The van der Waals surface area contributed by atoms with Crippen LogP contribution in [0.4, 0.5) is 4.79 Å². The van der Waals surface area contributed by atoms with Crippen LogP contribution in [0.1, 0.15) is 18.9 Å². The second-order valence-corrected chi connectivity index (χ2v) is 5.85. The molecule has 8 heteroatoms. The van der Waals surface area contributed by atoms with Crippen LogP contribution in [0.25, 0.3) is 0 Å². The summed E-state index contributed by atoms with van der Waals surface area (Å²) in [6.45, 7) is 2.72. The highest BCUT2D eigenvalue weighted by Gasteiger charge is 2.13. The molecule has 1 aromatic carbocycles. The van der Waals surface area contributed by atoms with Crippen molar-refractivity contribution in [2.45, 2.75) is 26.1 Å². The van der Waals surface area contributed by atoms with E-state index < -0.39 is 18.2 Å². The predicted octanol–water partition coefficient (Wildman–Crippen LogP) is 0.994. The lowest BCUT2D eigenvalue weighted by atomic mass is 10.0. The Kier molecular flexibility index (Phi) is 9.20. The van der Waals surface area contributed by atoms with Crippen molar-refractivity contribution in [1.82, 2.24) is 10.6 Å². The zero-order valence-electron chi connectivity index (χ0n) is 14.2.